The van der Waals surface area contributed by atoms with Crippen molar-refractivity contribution in [3.05, 3.63) is 70.5 Å². The van der Waals surface area contributed by atoms with Crippen LogP contribution in [-0.2, 0) is 6.42 Å². The molecule has 2 aromatic carbocycles. The van der Waals surface area contributed by atoms with E-state index in [9.17, 15) is 4.39 Å². The Kier molecular flexibility index (Phi) is 5.77. The van der Waals surface area contributed by atoms with E-state index < -0.39 is 0 Å². The van der Waals surface area contributed by atoms with E-state index in [1.165, 1.54) is 17.7 Å². The summed E-state index contributed by atoms with van der Waals surface area (Å²) in [6.45, 7) is 4.30. The molecule has 0 bridgehead atoms. The van der Waals surface area contributed by atoms with Crippen molar-refractivity contribution >= 4 is 11.6 Å². The molecule has 0 saturated carbocycles. The SMILES string of the molecule is CCC(NC(C)Cc1ccc(Cl)cc1)c1ccc(F)cc1. The molecule has 3 heteroatoms. The third kappa shape index (κ3) is 4.83. The highest BCUT2D eigenvalue weighted by atomic mass is 35.5. The third-order valence-electron chi connectivity index (χ3n) is 3.62. The van der Waals surface area contributed by atoms with Crippen LogP contribution < -0.4 is 5.32 Å². The number of rotatable bonds is 6. The van der Waals surface area contributed by atoms with Crippen molar-refractivity contribution in [1.29, 1.82) is 0 Å². The lowest BCUT2D eigenvalue weighted by atomic mass is 10.0. The van der Waals surface area contributed by atoms with Crippen molar-refractivity contribution in [2.24, 2.45) is 0 Å². The summed E-state index contributed by atoms with van der Waals surface area (Å²) in [5.74, 6) is -0.192. The standard InChI is InChI=1S/C18H21ClFN/c1-3-18(15-6-10-17(20)11-7-15)21-13(2)12-14-4-8-16(19)9-5-14/h4-11,13,18,21H,3,12H2,1-2H3. The van der Waals surface area contributed by atoms with Gasteiger partial charge in [-0.15, -0.1) is 0 Å². The van der Waals surface area contributed by atoms with Crippen LogP contribution in [0.4, 0.5) is 4.39 Å². The lowest BCUT2D eigenvalue weighted by molar-refractivity contribution is 0.443. The van der Waals surface area contributed by atoms with Crippen LogP contribution in [-0.4, -0.2) is 6.04 Å². The van der Waals surface area contributed by atoms with Crippen molar-refractivity contribution in [3.63, 3.8) is 0 Å². The number of halogens is 2. The molecule has 1 N–H and O–H groups in total. The lowest BCUT2D eigenvalue weighted by Gasteiger charge is -2.23. The molecule has 0 aliphatic rings. The first-order chi connectivity index (χ1) is 10.1. The molecule has 0 fully saturated rings. The first kappa shape index (κ1) is 16.0. The van der Waals surface area contributed by atoms with Crippen LogP contribution in [0, 0.1) is 5.82 Å². The summed E-state index contributed by atoms with van der Waals surface area (Å²) >= 11 is 5.90. The van der Waals surface area contributed by atoms with Gasteiger partial charge < -0.3 is 5.32 Å². The average molecular weight is 306 g/mol. The predicted molar refractivity (Wildman–Crippen MR) is 87.2 cm³/mol. The molecular weight excluding hydrogens is 285 g/mol. The van der Waals surface area contributed by atoms with Gasteiger partial charge in [-0.25, -0.2) is 4.39 Å². The second kappa shape index (κ2) is 7.58. The van der Waals surface area contributed by atoms with Gasteiger partial charge in [-0.1, -0.05) is 42.8 Å². The van der Waals surface area contributed by atoms with Crippen LogP contribution in [0.3, 0.4) is 0 Å². The molecule has 0 aliphatic heterocycles. The van der Waals surface area contributed by atoms with Gasteiger partial charge in [-0.05, 0) is 55.2 Å². The Bertz CT molecular complexity index is 550. The van der Waals surface area contributed by atoms with E-state index in [4.69, 9.17) is 11.6 Å². The van der Waals surface area contributed by atoms with Gasteiger partial charge in [0.05, 0.1) is 0 Å². The number of benzene rings is 2. The smallest absolute Gasteiger partial charge is 0.123 e. The fourth-order valence-electron chi connectivity index (χ4n) is 2.52. The van der Waals surface area contributed by atoms with Crippen molar-refractivity contribution in [2.45, 2.75) is 38.8 Å². The molecule has 2 rings (SSSR count). The topological polar surface area (TPSA) is 12.0 Å². The minimum Gasteiger partial charge on any atom is -0.307 e. The van der Waals surface area contributed by atoms with Crippen LogP contribution in [0.15, 0.2) is 48.5 Å². The molecule has 112 valence electrons. The second-order valence-corrected chi connectivity index (χ2v) is 5.85. The molecule has 2 unspecified atom stereocenters. The normalized spacial score (nSPS) is 13.9. The maximum atomic E-state index is 13.0. The predicted octanol–water partition coefficient (Wildman–Crippen LogP) is 5.15. The van der Waals surface area contributed by atoms with E-state index in [1.807, 2.05) is 24.3 Å². The number of hydrogen-bond acceptors (Lipinski definition) is 1. The molecule has 21 heavy (non-hydrogen) atoms. The van der Waals surface area contributed by atoms with Gasteiger partial charge in [-0.2, -0.15) is 0 Å². The summed E-state index contributed by atoms with van der Waals surface area (Å²) < 4.78 is 13.0. The Hall–Kier alpha value is -1.38. The highest BCUT2D eigenvalue weighted by Gasteiger charge is 2.13. The van der Waals surface area contributed by atoms with Crippen LogP contribution >= 0.6 is 11.6 Å². The lowest BCUT2D eigenvalue weighted by Crippen LogP contribution is -2.31. The molecule has 2 atom stereocenters. The van der Waals surface area contributed by atoms with E-state index in [-0.39, 0.29) is 11.9 Å². The summed E-state index contributed by atoms with van der Waals surface area (Å²) in [6, 6.07) is 15.3. The van der Waals surface area contributed by atoms with Crippen LogP contribution in [0.1, 0.15) is 37.4 Å². The minimum absolute atomic E-state index is 0.192. The zero-order chi connectivity index (χ0) is 15.2. The van der Waals surface area contributed by atoms with Crippen LogP contribution in [0.5, 0.6) is 0 Å². The van der Waals surface area contributed by atoms with Crippen molar-refractivity contribution in [3.8, 4) is 0 Å². The third-order valence-corrected chi connectivity index (χ3v) is 3.87. The monoisotopic (exact) mass is 305 g/mol. The van der Waals surface area contributed by atoms with Gasteiger partial charge >= 0.3 is 0 Å². The second-order valence-electron chi connectivity index (χ2n) is 5.41. The van der Waals surface area contributed by atoms with Crippen molar-refractivity contribution in [2.75, 3.05) is 0 Å². The first-order valence-corrected chi connectivity index (χ1v) is 7.72. The summed E-state index contributed by atoms with van der Waals surface area (Å²) in [5.41, 5.74) is 2.38. The van der Waals surface area contributed by atoms with Crippen molar-refractivity contribution < 1.29 is 4.39 Å². The largest absolute Gasteiger partial charge is 0.307 e. The molecule has 0 amide bonds. The molecule has 0 aliphatic carbocycles. The Morgan fingerprint density at radius 2 is 1.67 bits per heavy atom. The Labute approximate surface area is 131 Å². The average Bonchev–Trinajstić information content (AvgIpc) is 2.48. The highest BCUT2D eigenvalue weighted by Crippen LogP contribution is 2.19. The summed E-state index contributed by atoms with van der Waals surface area (Å²) in [7, 11) is 0. The molecule has 0 saturated heterocycles. The quantitative estimate of drug-likeness (QED) is 0.778. The fraction of sp³-hybridized carbons (Fsp3) is 0.333. The molecule has 2 aromatic rings. The maximum absolute atomic E-state index is 13.0. The number of nitrogens with one attached hydrogen (secondary N) is 1. The van der Waals surface area contributed by atoms with E-state index in [0.29, 0.717) is 6.04 Å². The maximum Gasteiger partial charge on any atom is 0.123 e. The van der Waals surface area contributed by atoms with Gasteiger partial charge in [0.15, 0.2) is 0 Å². The fourth-order valence-corrected chi connectivity index (χ4v) is 2.65. The zero-order valence-corrected chi connectivity index (χ0v) is 13.2. The molecule has 0 radical (unpaired) electrons. The van der Waals surface area contributed by atoms with Gasteiger partial charge in [0.25, 0.3) is 0 Å². The van der Waals surface area contributed by atoms with Crippen LogP contribution in [0.2, 0.25) is 5.02 Å². The van der Waals surface area contributed by atoms with E-state index >= 15 is 0 Å². The van der Waals surface area contributed by atoms with Gasteiger partial charge in [0, 0.05) is 17.1 Å². The molecular formula is C18H21ClFN. The molecule has 0 heterocycles. The number of hydrogen-bond donors (Lipinski definition) is 1. The Balaban J connectivity index is 1.97. The van der Waals surface area contributed by atoms with E-state index in [1.54, 1.807) is 0 Å². The Morgan fingerprint density at radius 3 is 2.24 bits per heavy atom. The summed E-state index contributed by atoms with van der Waals surface area (Å²) in [5, 5.41) is 4.37. The van der Waals surface area contributed by atoms with Crippen molar-refractivity contribution in [1.82, 2.24) is 5.32 Å². The molecule has 0 spiro atoms. The van der Waals surface area contributed by atoms with E-state index in [2.05, 4.69) is 31.3 Å². The van der Waals surface area contributed by atoms with E-state index in [0.717, 1.165) is 23.4 Å². The highest BCUT2D eigenvalue weighted by molar-refractivity contribution is 6.30. The van der Waals surface area contributed by atoms with Gasteiger partial charge in [0.2, 0.25) is 0 Å². The summed E-state index contributed by atoms with van der Waals surface area (Å²) in [6.07, 6.45) is 1.91. The minimum atomic E-state index is -0.192. The van der Waals surface area contributed by atoms with Gasteiger partial charge in [-0.3, -0.25) is 0 Å². The Morgan fingerprint density at radius 1 is 1.05 bits per heavy atom. The van der Waals surface area contributed by atoms with Gasteiger partial charge in [0.1, 0.15) is 5.82 Å². The zero-order valence-electron chi connectivity index (χ0n) is 12.4. The molecule has 0 aromatic heterocycles. The van der Waals surface area contributed by atoms with Crippen LogP contribution in [0.25, 0.3) is 0 Å². The first-order valence-electron chi connectivity index (χ1n) is 7.34. The summed E-state index contributed by atoms with van der Waals surface area (Å²) in [4.78, 5) is 0. The molecule has 1 nitrogen and oxygen atoms in total.